The molecule has 4 amide bonds. The van der Waals surface area contributed by atoms with Gasteiger partial charge in [0, 0.05) is 50.6 Å². The molecule has 2 fully saturated rings. The number of hydrogen-bond acceptors (Lipinski definition) is 11. The average molecular weight is 883 g/mol. The molecular weight excluding hydrogens is 821 g/mol. The Morgan fingerprint density at radius 2 is 1.55 bits per heavy atom. The van der Waals surface area contributed by atoms with E-state index in [1.807, 2.05) is 22.9 Å². The summed E-state index contributed by atoms with van der Waals surface area (Å²) >= 11 is 0. The Hall–Kier alpha value is -6.20. The quantitative estimate of drug-likeness (QED) is 0.102. The van der Waals surface area contributed by atoms with Gasteiger partial charge in [-0.25, -0.2) is 19.6 Å². The van der Waals surface area contributed by atoms with E-state index in [0.717, 1.165) is 93.0 Å². The van der Waals surface area contributed by atoms with Crippen LogP contribution in [0, 0.1) is 17.8 Å². The number of methoxy groups -OCH3 is 4. The summed E-state index contributed by atoms with van der Waals surface area (Å²) in [6.45, 7) is 10.9. The van der Waals surface area contributed by atoms with E-state index in [2.05, 4.69) is 94.1 Å². The lowest BCUT2D eigenvalue weighted by atomic mass is 9.92. The highest BCUT2D eigenvalue weighted by atomic mass is 16.5. The van der Waals surface area contributed by atoms with E-state index >= 15 is 0 Å². The lowest BCUT2D eigenvalue weighted by Crippen LogP contribution is -2.34. The van der Waals surface area contributed by atoms with Crippen molar-refractivity contribution < 1.29 is 42.9 Å². The minimum absolute atomic E-state index is 0.0274. The number of aromatic amines is 2. The van der Waals surface area contributed by atoms with Gasteiger partial charge < -0.3 is 54.9 Å². The minimum atomic E-state index is -0.745. The number of benzene rings is 3. The van der Waals surface area contributed by atoms with E-state index < -0.39 is 12.2 Å². The summed E-state index contributed by atoms with van der Waals surface area (Å²) < 4.78 is 25.1. The van der Waals surface area contributed by atoms with Crippen LogP contribution < -0.4 is 16.2 Å². The predicted molar refractivity (Wildman–Crippen MR) is 242 cm³/mol. The summed E-state index contributed by atoms with van der Waals surface area (Å²) in [5.41, 5.74) is 15.9. The van der Waals surface area contributed by atoms with Gasteiger partial charge in [-0.15, -0.1) is 0 Å². The van der Waals surface area contributed by atoms with Crippen molar-refractivity contribution in [3.63, 3.8) is 0 Å². The second-order valence-electron chi connectivity index (χ2n) is 17.0. The molecular formula is C47H62N8O9. The minimum Gasteiger partial charge on any atom is -0.488 e. The van der Waals surface area contributed by atoms with Gasteiger partial charge in [-0.3, -0.25) is 9.59 Å². The Labute approximate surface area is 373 Å². The van der Waals surface area contributed by atoms with Crippen LogP contribution in [0.1, 0.15) is 89.1 Å². The number of carbonyl (C=O) groups excluding carboxylic acids is 4. The third-order valence-corrected chi connectivity index (χ3v) is 12.3. The SMILES string of the molecule is CC[C@H](C)CC(=O)N1C[C@@H](C)CC1c1ncc(-c2ccc3c(c2)COc2cc4c(ccc5[nH]c([C@@H]6C[C@H](COC)CN6C(=O)C[C@@H](C)OC)nc54)cc2-3)[nH]1.COC(N)=O.COC(N)=O. The molecule has 0 aliphatic carbocycles. The number of imidazole rings is 2. The number of amides is 4. The monoisotopic (exact) mass is 882 g/mol. The van der Waals surface area contributed by atoms with Crippen LogP contribution in [0.2, 0.25) is 0 Å². The molecule has 0 saturated carbocycles. The molecule has 2 saturated heterocycles. The molecule has 0 spiro atoms. The van der Waals surface area contributed by atoms with Crippen LogP contribution in [0.15, 0.2) is 48.7 Å². The van der Waals surface area contributed by atoms with Crippen LogP contribution in [0.5, 0.6) is 5.75 Å². The zero-order chi connectivity index (χ0) is 46.2. The molecule has 0 bridgehead atoms. The van der Waals surface area contributed by atoms with Crippen LogP contribution in [0.3, 0.4) is 0 Å². The van der Waals surface area contributed by atoms with E-state index in [-0.39, 0.29) is 35.9 Å². The van der Waals surface area contributed by atoms with Gasteiger partial charge in [0.1, 0.15) is 24.0 Å². The molecule has 8 rings (SSSR count). The number of fused-ring (bicyclic) bond motifs is 6. The maximum atomic E-state index is 13.4. The smallest absolute Gasteiger partial charge is 0.404 e. The van der Waals surface area contributed by atoms with Crippen molar-refractivity contribution in [2.75, 3.05) is 48.1 Å². The molecule has 0 radical (unpaired) electrons. The van der Waals surface area contributed by atoms with Crippen LogP contribution in [0.25, 0.3) is 44.2 Å². The molecule has 1 unspecified atom stereocenters. The molecule has 5 aromatic rings. The van der Waals surface area contributed by atoms with E-state index in [1.54, 1.807) is 14.2 Å². The Balaban J connectivity index is 0.000000615. The molecule has 17 heteroatoms. The first-order valence-electron chi connectivity index (χ1n) is 21.7. The lowest BCUT2D eigenvalue weighted by molar-refractivity contribution is -0.135. The van der Waals surface area contributed by atoms with Gasteiger partial charge in [-0.2, -0.15) is 0 Å². The molecule has 3 aliphatic heterocycles. The highest BCUT2D eigenvalue weighted by molar-refractivity contribution is 6.07. The summed E-state index contributed by atoms with van der Waals surface area (Å²) in [5.74, 6) is 3.80. The Bertz CT molecular complexity index is 2440. The van der Waals surface area contributed by atoms with Crippen molar-refractivity contribution in [2.45, 2.75) is 84.6 Å². The molecule has 3 aromatic carbocycles. The fraction of sp³-hybridized carbons (Fsp3) is 0.489. The normalized spacial score (nSPS) is 19.6. The van der Waals surface area contributed by atoms with Crippen LogP contribution in [0.4, 0.5) is 9.59 Å². The van der Waals surface area contributed by atoms with Gasteiger partial charge in [0.2, 0.25) is 11.8 Å². The second-order valence-corrected chi connectivity index (χ2v) is 17.0. The second kappa shape index (κ2) is 21.0. The summed E-state index contributed by atoms with van der Waals surface area (Å²) in [6, 6.07) is 14.8. The van der Waals surface area contributed by atoms with Crippen LogP contribution in [-0.4, -0.2) is 108 Å². The molecule has 5 heterocycles. The predicted octanol–water partition coefficient (Wildman–Crippen LogP) is 7.40. The highest BCUT2D eigenvalue weighted by Crippen LogP contribution is 2.44. The number of nitrogens with two attached hydrogens (primary N) is 2. The van der Waals surface area contributed by atoms with Crippen molar-refractivity contribution in [3.8, 4) is 28.1 Å². The number of primary amides is 2. The molecule has 3 aliphatic rings. The van der Waals surface area contributed by atoms with E-state index in [9.17, 15) is 19.2 Å². The highest BCUT2D eigenvalue weighted by Gasteiger charge is 2.39. The Morgan fingerprint density at radius 1 is 0.859 bits per heavy atom. The largest absolute Gasteiger partial charge is 0.488 e. The number of H-pyrrole nitrogens is 2. The number of aromatic nitrogens is 4. The maximum Gasteiger partial charge on any atom is 0.404 e. The Kier molecular flexibility index (Phi) is 15.5. The fourth-order valence-corrected chi connectivity index (χ4v) is 8.68. The fourth-order valence-electron chi connectivity index (χ4n) is 8.68. The van der Waals surface area contributed by atoms with Crippen molar-refractivity contribution >= 4 is 45.8 Å². The van der Waals surface area contributed by atoms with Crippen molar-refractivity contribution in [1.82, 2.24) is 29.7 Å². The van der Waals surface area contributed by atoms with E-state index in [1.165, 1.54) is 14.2 Å². The van der Waals surface area contributed by atoms with Gasteiger partial charge in [0.05, 0.1) is 68.4 Å². The topological polar surface area (TPSA) is 230 Å². The zero-order valence-corrected chi connectivity index (χ0v) is 38.1. The maximum absolute atomic E-state index is 13.4. The number of carbonyl (C=O) groups is 4. The first kappa shape index (κ1) is 47.3. The number of ether oxygens (including phenoxy) is 5. The molecule has 64 heavy (non-hydrogen) atoms. The molecule has 344 valence electrons. The molecule has 6 N–H and O–H groups in total. The molecule has 2 aromatic heterocycles. The standard InChI is InChI=1S/C43H52N6O5.2C2H5NO2/c1-7-24(2)13-39(50)48-20-25(3)12-36(48)42-44-19-35(46-42)29-8-10-31-30(16-29)23-54-38-18-32-28(17-33(31)38)9-11-34-41(32)47-43(45-34)37-15-27(22-52-5)21-49(37)40(51)14-26(4)53-6;2*1-5-2(3)4/h8-11,16-19,24-27,36-37H,7,12-15,20-23H2,1-6H3,(H,44,46)(H,45,47);2*1H3,(H2,3,4)/t24-,25-,26+,27-,36?,37-;;/m0../s1. The van der Waals surface area contributed by atoms with Gasteiger partial charge >= 0.3 is 12.2 Å². The van der Waals surface area contributed by atoms with Crippen LogP contribution >= 0.6 is 0 Å². The van der Waals surface area contributed by atoms with Gasteiger partial charge in [0.25, 0.3) is 0 Å². The summed E-state index contributed by atoms with van der Waals surface area (Å²) in [5, 5.41) is 2.08. The van der Waals surface area contributed by atoms with Crippen LogP contribution in [-0.2, 0) is 35.1 Å². The van der Waals surface area contributed by atoms with Gasteiger partial charge in [-0.1, -0.05) is 45.4 Å². The third kappa shape index (κ3) is 10.8. The number of nitrogens with one attached hydrogen (secondary N) is 2. The lowest BCUT2D eigenvalue weighted by Gasteiger charge is -2.24. The summed E-state index contributed by atoms with van der Waals surface area (Å²) in [7, 11) is 5.79. The Morgan fingerprint density at radius 3 is 2.22 bits per heavy atom. The van der Waals surface area contributed by atoms with Crippen molar-refractivity contribution in [1.29, 1.82) is 0 Å². The van der Waals surface area contributed by atoms with Gasteiger partial charge in [-0.05, 0) is 77.9 Å². The van der Waals surface area contributed by atoms with E-state index in [4.69, 9.17) is 24.2 Å². The zero-order valence-electron chi connectivity index (χ0n) is 38.1. The molecule has 17 nitrogen and oxygen atoms in total. The third-order valence-electron chi connectivity index (χ3n) is 12.3. The number of nitrogens with zero attached hydrogens (tertiary/aromatic N) is 4. The van der Waals surface area contributed by atoms with Crippen molar-refractivity contribution in [2.24, 2.45) is 29.2 Å². The van der Waals surface area contributed by atoms with Crippen molar-refractivity contribution in [3.05, 3.63) is 65.9 Å². The average Bonchev–Trinajstić information content (AvgIpc) is 4.12. The number of rotatable bonds is 11. The molecule has 6 atom stereocenters. The first-order chi connectivity index (χ1) is 30.7. The first-order valence-corrected chi connectivity index (χ1v) is 21.7. The van der Waals surface area contributed by atoms with Gasteiger partial charge in [0.15, 0.2) is 0 Å². The number of likely N-dealkylation sites (tertiary alicyclic amines) is 2. The summed E-state index contributed by atoms with van der Waals surface area (Å²) in [6.07, 6.45) is 3.84. The number of hydrogen-bond donors (Lipinski definition) is 4. The van der Waals surface area contributed by atoms with E-state index in [0.29, 0.717) is 44.4 Å². The summed E-state index contributed by atoms with van der Waals surface area (Å²) in [4.78, 5) is 66.4.